The minimum atomic E-state index is -1.93. The highest BCUT2D eigenvalue weighted by atomic mass is 28.4. The van der Waals surface area contributed by atoms with Crippen LogP contribution in [0.1, 0.15) is 56.9 Å². The maximum absolute atomic E-state index is 10.5. The largest absolute Gasteiger partial charge is 0.543 e. The van der Waals surface area contributed by atoms with E-state index >= 15 is 0 Å². The fourth-order valence-electron chi connectivity index (χ4n) is 2.87. The van der Waals surface area contributed by atoms with E-state index in [1.54, 1.807) is 0 Å². The van der Waals surface area contributed by atoms with Crippen molar-refractivity contribution in [1.29, 1.82) is 0 Å². The van der Waals surface area contributed by atoms with Gasteiger partial charge >= 0.3 is 0 Å². The predicted molar refractivity (Wildman–Crippen MR) is 103 cm³/mol. The Morgan fingerprint density at radius 2 is 1.62 bits per heavy atom. The molecule has 1 heterocycles. The molecule has 0 radical (unpaired) electrons. The van der Waals surface area contributed by atoms with Gasteiger partial charge in [0, 0.05) is 12.0 Å². The van der Waals surface area contributed by atoms with Gasteiger partial charge in [0.1, 0.15) is 17.1 Å². The number of aliphatic hydroxyl groups excluding tert-OH is 1. The van der Waals surface area contributed by atoms with Crippen molar-refractivity contribution >= 4 is 8.32 Å². The van der Waals surface area contributed by atoms with Crippen LogP contribution in [0.5, 0.6) is 11.5 Å². The third kappa shape index (κ3) is 3.11. The van der Waals surface area contributed by atoms with Gasteiger partial charge in [0.05, 0.1) is 6.10 Å². The summed E-state index contributed by atoms with van der Waals surface area (Å²) in [6.07, 6.45) is 0.106. The van der Waals surface area contributed by atoms with Crippen LogP contribution in [0.25, 0.3) is 0 Å². The van der Waals surface area contributed by atoms with Crippen molar-refractivity contribution < 1.29 is 14.3 Å². The summed E-state index contributed by atoms with van der Waals surface area (Å²) < 4.78 is 12.8. The minimum Gasteiger partial charge on any atom is -0.543 e. The fraction of sp³-hybridized carbons (Fsp3) is 0.700. The lowest BCUT2D eigenvalue weighted by atomic mass is 9.86. The van der Waals surface area contributed by atoms with Gasteiger partial charge in [0.2, 0.25) is 0 Å². The van der Waals surface area contributed by atoms with Crippen LogP contribution in [0.4, 0.5) is 0 Å². The number of rotatable bonds is 2. The van der Waals surface area contributed by atoms with Gasteiger partial charge in [-0.1, -0.05) is 20.8 Å². The summed E-state index contributed by atoms with van der Waals surface area (Å²) in [6, 6.07) is 0. The molecule has 1 aliphatic rings. The first-order valence-electron chi connectivity index (χ1n) is 8.88. The van der Waals surface area contributed by atoms with Gasteiger partial charge in [-0.15, -0.1) is 0 Å². The molecule has 1 unspecified atom stereocenters. The maximum atomic E-state index is 10.5. The average molecular weight is 351 g/mol. The number of hydrogen-bond acceptors (Lipinski definition) is 3. The lowest BCUT2D eigenvalue weighted by Crippen LogP contribution is -2.47. The Hall–Kier alpha value is -1.00. The van der Waals surface area contributed by atoms with E-state index in [4.69, 9.17) is 9.16 Å². The van der Waals surface area contributed by atoms with Gasteiger partial charge in [0.15, 0.2) is 0 Å². The van der Waals surface area contributed by atoms with E-state index in [9.17, 15) is 5.11 Å². The molecule has 1 N–H and O–H groups in total. The summed E-state index contributed by atoms with van der Waals surface area (Å²) in [5.41, 5.74) is 3.94. The van der Waals surface area contributed by atoms with Gasteiger partial charge < -0.3 is 14.3 Å². The van der Waals surface area contributed by atoms with Crippen molar-refractivity contribution in [3.63, 3.8) is 0 Å². The van der Waals surface area contributed by atoms with Crippen molar-refractivity contribution in [2.24, 2.45) is 0 Å². The van der Waals surface area contributed by atoms with Crippen molar-refractivity contribution in [3.05, 3.63) is 22.3 Å². The second-order valence-electron chi connectivity index (χ2n) is 9.30. The highest BCUT2D eigenvalue weighted by Gasteiger charge is 2.42. The van der Waals surface area contributed by atoms with Crippen LogP contribution in [-0.2, 0) is 6.42 Å². The molecule has 1 aromatic rings. The van der Waals surface area contributed by atoms with Crippen LogP contribution < -0.4 is 9.16 Å². The van der Waals surface area contributed by atoms with E-state index < -0.39 is 20.0 Å². The van der Waals surface area contributed by atoms with Crippen LogP contribution in [-0.4, -0.2) is 25.1 Å². The Morgan fingerprint density at radius 1 is 1.08 bits per heavy atom. The molecule has 1 aromatic carbocycles. The topological polar surface area (TPSA) is 38.7 Å². The zero-order valence-electron chi connectivity index (χ0n) is 17.0. The zero-order chi connectivity index (χ0) is 18.7. The second-order valence-corrected chi connectivity index (χ2v) is 14.0. The van der Waals surface area contributed by atoms with Crippen LogP contribution in [0.15, 0.2) is 0 Å². The molecule has 3 nitrogen and oxygen atoms in total. The summed E-state index contributed by atoms with van der Waals surface area (Å²) in [4.78, 5) is 0. The first-order valence-corrected chi connectivity index (χ1v) is 11.8. The number of ether oxygens (including phenoxy) is 1. The summed E-state index contributed by atoms with van der Waals surface area (Å²) in [5.74, 6) is 1.93. The van der Waals surface area contributed by atoms with Gasteiger partial charge in [0.25, 0.3) is 8.32 Å². The third-order valence-corrected chi connectivity index (χ3v) is 10.4. The second kappa shape index (κ2) is 5.77. The lowest BCUT2D eigenvalue weighted by Gasteiger charge is -2.41. The quantitative estimate of drug-likeness (QED) is 0.757. The van der Waals surface area contributed by atoms with E-state index in [2.05, 4.69) is 54.6 Å². The number of fused-ring (bicyclic) bond motifs is 1. The van der Waals surface area contributed by atoms with E-state index in [1.165, 1.54) is 0 Å². The van der Waals surface area contributed by atoms with Crippen LogP contribution in [0, 0.1) is 20.8 Å². The van der Waals surface area contributed by atoms with Gasteiger partial charge in [-0.05, 0) is 69.4 Å². The van der Waals surface area contributed by atoms with E-state index in [0.29, 0.717) is 6.42 Å². The highest BCUT2D eigenvalue weighted by molar-refractivity contribution is 6.74. The van der Waals surface area contributed by atoms with Crippen LogP contribution >= 0.6 is 0 Å². The first kappa shape index (κ1) is 19.3. The van der Waals surface area contributed by atoms with Gasteiger partial charge in [-0.3, -0.25) is 0 Å². The summed E-state index contributed by atoms with van der Waals surface area (Å²) >= 11 is 0. The standard InChI is InChI=1S/C20H34O3Si/c1-12-13(2)18-15(11-16(21)20(7,8)22-18)14(3)17(12)23-24(9,10)19(4,5)6/h16,21H,11H2,1-10H3. The predicted octanol–water partition coefficient (Wildman–Crippen LogP) is 5.07. The summed E-state index contributed by atoms with van der Waals surface area (Å²) in [7, 11) is -1.93. The number of aliphatic hydroxyl groups is 1. The molecular formula is C20H34O3Si. The Bertz CT molecular complexity index is 654. The molecule has 0 amide bonds. The Kier molecular flexibility index (Phi) is 4.65. The van der Waals surface area contributed by atoms with E-state index in [1.807, 2.05) is 13.8 Å². The average Bonchev–Trinajstić information content (AvgIpc) is 2.42. The minimum absolute atomic E-state index is 0.147. The van der Waals surface area contributed by atoms with Gasteiger partial charge in [-0.25, -0.2) is 0 Å². The van der Waals surface area contributed by atoms with Crippen LogP contribution in [0.3, 0.4) is 0 Å². The molecule has 24 heavy (non-hydrogen) atoms. The Morgan fingerprint density at radius 3 is 2.12 bits per heavy atom. The normalized spacial score (nSPS) is 20.4. The SMILES string of the molecule is Cc1c(C)c2c(c(C)c1O[Si](C)(C)C(C)(C)C)CC(O)C(C)(C)O2. The van der Waals surface area contributed by atoms with Crippen molar-refractivity contribution in [2.75, 3.05) is 0 Å². The molecule has 1 aliphatic heterocycles. The molecule has 4 heteroatoms. The molecule has 0 saturated heterocycles. The van der Waals surface area contributed by atoms with Crippen LogP contribution in [0.2, 0.25) is 18.1 Å². The van der Waals surface area contributed by atoms with Gasteiger partial charge in [-0.2, -0.15) is 0 Å². The molecule has 1 atom stereocenters. The monoisotopic (exact) mass is 350 g/mol. The van der Waals surface area contributed by atoms with Crippen molar-refractivity contribution in [1.82, 2.24) is 0 Å². The van der Waals surface area contributed by atoms with E-state index in [0.717, 1.165) is 33.8 Å². The Labute approximate surface area is 148 Å². The lowest BCUT2D eigenvalue weighted by molar-refractivity contribution is -0.0418. The molecule has 136 valence electrons. The molecular weight excluding hydrogens is 316 g/mol. The smallest absolute Gasteiger partial charge is 0.250 e. The summed E-state index contributed by atoms with van der Waals surface area (Å²) in [5, 5.41) is 10.6. The Balaban J connectivity index is 2.58. The highest BCUT2D eigenvalue weighted by Crippen LogP contribution is 2.46. The molecule has 0 bridgehead atoms. The molecule has 0 fully saturated rings. The maximum Gasteiger partial charge on any atom is 0.250 e. The van der Waals surface area contributed by atoms with E-state index in [-0.39, 0.29) is 5.04 Å². The first-order chi connectivity index (χ1) is 10.7. The fourth-order valence-corrected chi connectivity index (χ4v) is 3.99. The number of benzene rings is 1. The number of hydrogen-bond donors (Lipinski definition) is 1. The molecule has 0 aromatic heterocycles. The molecule has 0 aliphatic carbocycles. The summed E-state index contributed by atoms with van der Waals surface area (Å²) in [6.45, 7) is 21.5. The molecule has 0 spiro atoms. The van der Waals surface area contributed by atoms with Crippen molar-refractivity contribution in [3.8, 4) is 11.5 Å². The third-order valence-electron chi connectivity index (χ3n) is 6.04. The molecule has 2 rings (SSSR count). The van der Waals surface area contributed by atoms with Crippen molar-refractivity contribution in [2.45, 2.75) is 91.6 Å². The molecule has 0 saturated carbocycles. The zero-order valence-corrected chi connectivity index (χ0v) is 18.0.